The first-order valence-electron chi connectivity index (χ1n) is 7.10. The normalized spacial score (nSPS) is 18.9. The van der Waals surface area contributed by atoms with Crippen LogP contribution in [0.25, 0.3) is 0 Å². The summed E-state index contributed by atoms with van der Waals surface area (Å²) in [6.07, 6.45) is -5.51. The summed E-state index contributed by atoms with van der Waals surface area (Å²) in [5.41, 5.74) is -3.10. The zero-order valence-electron chi connectivity index (χ0n) is 13.2. The smallest absolute Gasteiger partial charge is 0.408 e. The summed E-state index contributed by atoms with van der Waals surface area (Å²) in [5.74, 6) is -1.10. The van der Waals surface area contributed by atoms with Crippen molar-refractivity contribution in [2.24, 2.45) is 0 Å². The number of alkyl halides is 3. The van der Waals surface area contributed by atoms with Crippen molar-refractivity contribution in [3.05, 3.63) is 0 Å². The molecule has 1 atom stereocenters. The fourth-order valence-electron chi connectivity index (χ4n) is 1.87. The van der Waals surface area contributed by atoms with Gasteiger partial charge in [-0.15, -0.1) is 0 Å². The molecule has 0 aromatic heterocycles. The number of ether oxygens (including phenoxy) is 2. The van der Waals surface area contributed by atoms with Gasteiger partial charge in [-0.2, -0.15) is 13.2 Å². The van der Waals surface area contributed by atoms with Crippen LogP contribution in [-0.4, -0.2) is 35.5 Å². The van der Waals surface area contributed by atoms with E-state index in [0.717, 1.165) is 13.3 Å². The highest BCUT2D eigenvalue weighted by molar-refractivity contribution is 5.85. The number of carbonyl (C=O) groups is 2. The highest BCUT2D eigenvalue weighted by Crippen LogP contribution is 2.31. The Morgan fingerprint density at radius 3 is 2.05 bits per heavy atom. The maximum absolute atomic E-state index is 12.7. The maximum Gasteiger partial charge on any atom is 0.408 e. The molecule has 1 unspecified atom stereocenters. The quantitative estimate of drug-likeness (QED) is 0.805. The second-order valence-corrected chi connectivity index (χ2v) is 6.71. The zero-order valence-corrected chi connectivity index (χ0v) is 13.2. The molecule has 0 radical (unpaired) electrons. The van der Waals surface area contributed by atoms with Gasteiger partial charge in [0.15, 0.2) is 0 Å². The van der Waals surface area contributed by atoms with E-state index in [1.807, 2.05) is 5.32 Å². The molecule has 1 N–H and O–H groups in total. The van der Waals surface area contributed by atoms with E-state index in [1.165, 1.54) is 0 Å². The number of esters is 1. The highest BCUT2D eigenvalue weighted by Gasteiger charge is 2.48. The Hall–Kier alpha value is -1.47. The highest BCUT2D eigenvalue weighted by atomic mass is 19.4. The van der Waals surface area contributed by atoms with Gasteiger partial charge < -0.3 is 14.8 Å². The summed E-state index contributed by atoms with van der Waals surface area (Å²) < 4.78 is 48.1. The fourth-order valence-corrected chi connectivity index (χ4v) is 1.87. The molecular formula is C14H22F3NO4. The molecule has 0 aromatic rings. The van der Waals surface area contributed by atoms with Crippen molar-refractivity contribution in [3.8, 4) is 0 Å². The summed E-state index contributed by atoms with van der Waals surface area (Å²) in [5, 5.41) is 2.00. The molecule has 5 nitrogen and oxygen atoms in total. The molecule has 1 amide bonds. The third-order valence-corrected chi connectivity index (χ3v) is 3.11. The Morgan fingerprint density at radius 2 is 1.68 bits per heavy atom. The summed E-state index contributed by atoms with van der Waals surface area (Å²) in [6.45, 7) is 5.70. The largest absolute Gasteiger partial charge is 0.461 e. The van der Waals surface area contributed by atoms with Gasteiger partial charge in [-0.3, -0.25) is 0 Å². The summed E-state index contributed by atoms with van der Waals surface area (Å²) in [7, 11) is 0. The predicted octanol–water partition coefficient (Wildman–Crippen LogP) is 3.32. The third-order valence-electron chi connectivity index (χ3n) is 3.11. The fraction of sp³-hybridized carbons (Fsp3) is 0.857. The molecule has 0 saturated heterocycles. The lowest BCUT2D eigenvalue weighted by Gasteiger charge is -2.34. The third kappa shape index (κ3) is 6.11. The van der Waals surface area contributed by atoms with Crippen LogP contribution in [0.4, 0.5) is 18.0 Å². The first kappa shape index (κ1) is 18.6. The van der Waals surface area contributed by atoms with Crippen molar-refractivity contribution >= 4 is 12.1 Å². The van der Waals surface area contributed by atoms with Crippen LogP contribution < -0.4 is 5.32 Å². The molecule has 1 aliphatic carbocycles. The van der Waals surface area contributed by atoms with Gasteiger partial charge in [-0.1, -0.05) is 0 Å². The van der Waals surface area contributed by atoms with Crippen molar-refractivity contribution in [3.63, 3.8) is 0 Å². The number of rotatable bonds is 4. The Bertz CT molecular complexity index is 427. The molecule has 128 valence electrons. The van der Waals surface area contributed by atoms with Crippen molar-refractivity contribution in [2.45, 2.75) is 76.8 Å². The number of halogens is 3. The summed E-state index contributed by atoms with van der Waals surface area (Å²) >= 11 is 0. The van der Waals surface area contributed by atoms with Crippen LogP contribution in [0.2, 0.25) is 0 Å². The first-order chi connectivity index (χ1) is 9.81. The Balaban J connectivity index is 2.80. The average Bonchev–Trinajstić information content (AvgIpc) is 2.16. The Labute approximate surface area is 127 Å². The van der Waals surface area contributed by atoms with E-state index >= 15 is 0 Å². The van der Waals surface area contributed by atoms with Gasteiger partial charge >= 0.3 is 18.2 Å². The van der Waals surface area contributed by atoms with E-state index < -0.39 is 35.8 Å². The molecule has 8 heteroatoms. The zero-order chi connectivity index (χ0) is 17.2. The molecule has 0 heterocycles. The molecule has 1 fully saturated rings. The molecule has 0 aliphatic heterocycles. The summed E-state index contributed by atoms with van der Waals surface area (Å²) in [6, 6.07) is 0. The molecule has 1 aliphatic rings. The van der Waals surface area contributed by atoms with Crippen LogP contribution in [0.1, 0.15) is 53.4 Å². The Kier molecular flexibility index (Phi) is 5.35. The minimum Gasteiger partial charge on any atom is -0.461 e. The maximum atomic E-state index is 12.7. The van der Waals surface area contributed by atoms with Crippen LogP contribution in [0.15, 0.2) is 0 Å². The van der Waals surface area contributed by atoms with Gasteiger partial charge in [0.2, 0.25) is 0 Å². The van der Waals surface area contributed by atoms with Gasteiger partial charge in [0.1, 0.15) is 17.2 Å². The lowest BCUT2D eigenvalue weighted by molar-refractivity contribution is -0.178. The SMILES string of the molecule is CC(C)(C)OC(=O)NC(C)(CC(F)(F)F)C(=O)OC1CCC1. The van der Waals surface area contributed by atoms with Gasteiger partial charge in [0.25, 0.3) is 0 Å². The molecular weight excluding hydrogens is 303 g/mol. The molecule has 0 spiro atoms. The van der Waals surface area contributed by atoms with Crippen LogP contribution >= 0.6 is 0 Å². The van der Waals surface area contributed by atoms with Crippen LogP contribution in [0.5, 0.6) is 0 Å². The topological polar surface area (TPSA) is 64.6 Å². The van der Waals surface area contributed by atoms with Gasteiger partial charge in [0.05, 0.1) is 6.42 Å². The number of alkyl carbamates (subject to hydrolysis) is 1. The standard InChI is InChI=1S/C14H22F3NO4/c1-12(2,3)22-11(20)18-13(4,8-14(15,16)17)10(19)21-9-6-5-7-9/h9H,5-8H2,1-4H3,(H,18,20). The number of hydrogen-bond donors (Lipinski definition) is 1. The van der Waals surface area contributed by atoms with Crippen molar-refractivity contribution in [1.29, 1.82) is 0 Å². The van der Waals surface area contributed by atoms with E-state index in [-0.39, 0.29) is 6.10 Å². The van der Waals surface area contributed by atoms with E-state index in [4.69, 9.17) is 9.47 Å². The lowest BCUT2D eigenvalue weighted by Crippen LogP contribution is -2.57. The van der Waals surface area contributed by atoms with E-state index in [9.17, 15) is 22.8 Å². The summed E-state index contributed by atoms with van der Waals surface area (Å²) in [4.78, 5) is 23.8. The van der Waals surface area contributed by atoms with Crippen molar-refractivity contribution < 1.29 is 32.2 Å². The van der Waals surface area contributed by atoms with Crippen LogP contribution in [0, 0.1) is 0 Å². The average molecular weight is 325 g/mol. The molecule has 1 saturated carbocycles. The van der Waals surface area contributed by atoms with Gasteiger partial charge in [-0.05, 0) is 47.0 Å². The number of amides is 1. The first-order valence-corrected chi connectivity index (χ1v) is 7.10. The minimum atomic E-state index is -4.64. The van der Waals surface area contributed by atoms with Crippen LogP contribution in [-0.2, 0) is 14.3 Å². The predicted molar refractivity (Wildman–Crippen MR) is 72.2 cm³/mol. The number of carbonyl (C=O) groups excluding carboxylic acids is 2. The van der Waals surface area contributed by atoms with E-state index in [1.54, 1.807) is 20.8 Å². The van der Waals surface area contributed by atoms with Gasteiger partial charge in [0, 0.05) is 0 Å². The van der Waals surface area contributed by atoms with Crippen molar-refractivity contribution in [1.82, 2.24) is 5.32 Å². The minimum absolute atomic E-state index is 0.375. The molecule has 22 heavy (non-hydrogen) atoms. The molecule has 1 rings (SSSR count). The Morgan fingerprint density at radius 1 is 1.14 bits per heavy atom. The van der Waals surface area contributed by atoms with E-state index in [0.29, 0.717) is 12.8 Å². The van der Waals surface area contributed by atoms with E-state index in [2.05, 4.69) is 0 Å². The second-order valence-electron chi connectivity index (χ2n) is 6.71. The molecule has 0 bridgehead atoms. The van der Waals surface area contributed by atoms with Crippen LogP contribution in [0.3, 0.4) is 0 Å². The monoisotopic (exact) mass is 325 g/mol. The van der Waals surface area contributed by atoms with Gasteiger partial charge in [-0.25, -0.2) is 9.59 Å². The van der Waals surface area contributed by atoms with Crippen molar-refractivity contribution in [2.75, 3.05) is 0 Å². The number of nitrogens with one attached hydrogen (secondary N) is 1. The number of hydrogen-bond acceptors (Lipinski definition) is 4. The second kappa shape index (κ2) is 6.34. The lowest BCUT2D eigenvalue weighted by atomic mass is 9.94. The molecule has 0 aromatic carbocycles.